The van der Waals surface area contributed by atoms with Crippen LogP contribution >= 0.6 is 0 Å². The van der Waals surface area contributed by atoms with Crippen LogP contribution in [0.5, 0.6) is 0 Å². The van der Waals surface area contributed by atoms with Gasteiger partial charge in [0.15, 0.2) is 5.82 Å². The van der Waals surface area contributed by atoms with Gasteiger partial charge in [-0.2, -0.15) is 36.1 Å². The minimum Gasteiger partial charge on any atom is -0.375 e. The van der Waals surface area contributed by atoms with E-state index in [9.17, 15) is 26.3 Å². The molecule has 32 heavy (non-hydrogen) atoms. The summed E-state index contributed by atoms with van der Waals surface area (Å²) < 4.78 is 81.6. The Morgan fingerprint density at radius 1 is 0.906 bits per heavy atom. The smallest absolute Gasteiger partial charge is 0.375 e. The molecule has 0 saturated heterocycles. The lowest BCUT2D eigenvalue weighted by Crippen LogP contribution is -2.16. The van der Waals surface area contributed by atoms with Gasteiger partial charge >= 0.3 is 12.4 Å². The molecule has 3 heterocycles. The predicted octanol–water partition coefficient (Wildman–Crippen LogP) is 4.82. The van der Waals surface area contributed by atoms with Crippen LogP contribution in [-0.4, -0.2) is 29.7 Å². The molecular weight excluding hydrogens is 440 g/mol. The van der Waals surface area contributed by atoms with Crippen molar-refractivity contribution in [1.82, 2.24) is 29.7 Å². The second-order valence-corrected chi connectivity index (χ2v) is 6.72. The number of benzene rings is 1. The van der Waals surface area contributed by atoms with Gasteiger partial charge in [-0.15, -0.1) is 0 Å². The Morgan fingerprint density at radius 2 is 1.62 bits per heavy atom. The Bertz CT molecular complexity index is 1250. The molecule has 0 fully saturated rings. The number of nitrogens with zero attached hydrogens (tertiary/aromatic N) is 6. The van der Waals surface area contributed by atoms with E-state index in [0.29, 0.717) is 11.9 Å². The first-order valence-corrected chi connectivity index (χ1v) is 9.06. The van der Waals surface area contributed by atoms with Gasteiger partial charge in [-0.05, 0) is 31.2 Å². The quantitative estimate of drug-likeness (QED) is 0.447. The summed E-state index contributed by atoms with van der Waals surface area (Å²) in [4.78, 5) is 15.9. The van der Waals surface area contributed by atoms with Crippen LogP contribution in [0.25, 0.3) is 16.9 Å². The molecule has 7 nitrogen and oxygen atoms in total. The Labute approximate surface area is 176 Å². The molecule has 0 bridgehead atoms. The van der Waals surface area contributed by atoms with E-state index in [1.807, 2.05) is 0 Å². The summed E-state index contributed by atoms with van der Waals surface area (Å²) in [6, 6.07) is 2.90. The van der Waals surface area contributed by atoms with Gasteiger partial charge in [0.05, 0.1) is 22.7 Å². The number of hydrogen-bond donors (Lipinski definition) is 1. The Morgan fingerprint density at radius 3 is 2.28 bits per heavy atom. The molecule has 0 aliphatic carbocycles. The third-order valence-corrected chi connectivity index (χ3v) is 4.55. The lowest BCUT2D eigenvalue weighted by molar-refractivity contribution is -0.142. The number of rotatable bonds is 4. The minimum absolute atomic E-state index is 0.0163. The van der Waals surface area contributed by atoms with Crippen LogP contribution < -0.4 is 5.32 Å². The molecule has 4 aromatic rings. The van der Waals surface area contributed by atoms with Crippen molar-refractivity contribution < 1.29 is 26.3 Å². The van der Waals surface area contributed by atoms with Crippen molar-refractivity contribution >= 4 is 16.6 Å². The van der Waals surface area contributed by atoms with Crippen molar-refractivity contribution in [2.45, 2.75) is 25.3 Å². The summed E-state index contributed by atoms with van der Waals surface area (Å²) in [6.07, 6.45) is -4.71. The van der Waals surface area contributed by atoms with E-state index >= 15 is 0 Å². The van der Waals surface area contributed by atoms with Crippen LogP contribution in [0.4, 0.5) is 32.0 Å². The number of halogens is 6. The number of fused-ring (bicyclic) bond motifs is 1. The standard InChI is InChI=1S/C19H13F6N7/c1-10(16-29-9-30-32(16)17-27-4-2-5-28-17)31-14-3-6-26-15-12(14)7-11(18(20,21)22)8-13(15)19(23,24)25/h2-10H,1H3,(H,26,31)/t10-/m0/s1. The lowest BCUT2D eigenvalue weighted by atomic mass is 10.0. The van der Waals surface area contributed by atoms with E-state index < -0.39 is 35.0 Å². The molecule has 0 unspecified atom stereocenters. The van der Waals surface area contributed by atoms with Gasteiger partial charge in [-0.1, -0.05) is 0 Å². The molecule has 166 valence electrons. The van der Waals surface area contributed by atoms with E-state index in [0.717, 1.165) is 6.20 Å². The van der Waals surface area contributed by atoms with E-state index in [2.05, 4.69) is 30.4 Å². The molecule has 0 aliphatic heterocycles. The van der Waals surface area contributed by atoms with Gasteiger partial charge in [0.2, 0.25) is 0 Å². The number of nitrogens with one attached hydrogen (secondary N) is 1. The number of hydrogen-bond acceptors (Lipinski definition) is 6. The monoisotopic (exact) mass is 453 g/mol. The highest BCUT2D eigenvalue weighted by atomic mass is 19.4. The molecule has 1 atom stereocenters. The molecule has 3 aromatic heterocycles. The number of pyridine rings is 1. The van der Waals surface area contributed by atoms with Crippen LogP contribution in [-0.2, 0) is 12.4 Å². The highest BCUT2D eigenvalue weighted by Gasteiger charge is 2.39. The van der Waals surface area contributed by atoms with Crippen LogP contribution in [0.1, 0.15) is 29.9 Å². The maximum Gasteiger partial charge on any atom is 0.418 e. The number of anilines is 1. The van der Waals surface area contributed by atoms with Gasteiger partial charge in [0.1, 0.15) is 6.33 Å². The SMILES string of the molecule is C[C@H](Nc1ccnc2c(C(F)(F)F)cc(C(F)(F)F)cc12)c1ncnn1-c1ncccn1. The number of alkyl halides is 6. The summed E-state index contributed by atoms with van der Waals surface area (Å²) in [5, 5.41) is 6.61. The minimum atomic E-state index is -5.03. The maximum absolute atomic E-state index is 13.5. The molecule has 0 spiro atoms. The first kappa shape index (κ1) is 21.5. The molecule has 0 amide bonds. The summed E-state index contributed by atoms with van der Waals surface area (Å²) in [5.41, 5.74) is -3.49. The fourth-order valence-electron chi connectivity index (χ4n) is 3.16. The Hall–Kier alpha value is -3.77. The van der Waals surface area contributed by atoms with Crippen molar-refractivity contribution in [3.8, 4) is 5.95 Å². The van der Waals surface area contributed by atoms with Gasteiger partial charge in [0, 0.05) is 29.7 Å². The summed E-state index contributed by atoms with van der Waals surface area (Å²) in [7, 11) is 0. The molecule has 0 saturated carbocycles. The average Bonchev–Trinajstić information content (AvgIpc) is 3.22. The zero-order valence-electron chi connectivity index (χ0n) is 16.1. The lowest BCUT2D eigenvalue weighted by Gasteiger charge is -2.19. The third kappa shape index (κ3) is 4.05. The summed E-state index contributed by atoms with van der Waals surface area (Å²) in [6.45, 7) is 1.62. The van der Waals surface area contributed by atoms with Crippen LogP contribution in [0.2, 0.25) is 0 Å². The van der Waals surface area contributed by atoms with Crippen molar-refractivity contribution in [1.29, 1.82) is 0 Å². The fraction of sp³-hybridized carbons (Fsp3) is 0.211. The third-order valence-electron chi connectivity index (χ3n) is 4.55. The predicted molar refractivity (Wildman–Crippen MR) is 101 cm³/mol. The molecule has 13 heteroatoms. The van der Waals surface area contributed by atoms with Crippen LogP contribution in [0.15, 0.2) is 49.2 Å². The Kier molecular flexibility index (Phi) is 5.18. The van der Waals surface area contributed by atoms with Crippen molar-refractivity contribution in [2.24, 2.45) is 0 Å². The highest BCUT2D eigenvalue weighted by Crippen LogP contribution is 2.41. The molecule has 1 N–H and O–H groups in total. The second-order valence-electron chi connectivity index (χ2n) is 6.72. The highest BCUT2D eigenvalue weighted by molar-refractivity contribution is 5.94. The fourth-order valence-corrected chi connectivity index (χ4v) is 3.16. The average molecular weight is 453 g/mol. The first-order chi connectivity index (χ1) is 15.1. The Balaban J connectivity index is 1.80. The van der Waals surface area contributed by atoms with E-state index in [4.69, 9.17) is 0 Å². The van der Waals surface area contributed by atoms with Gasteiger partial charge in [-0.25, -0.2) is 15.0 Å². The molecule has 0 aliphatic rings. The normalized spacial score (nSPS) is 13.3. The largest absolute Gasteiger partial charge is 0.418 e. The summed E-state index contributed by atoms with van der Waals surface area (Å²) in [5.74, 6) is 0.496. The zero-order valence-corrected chi connectivity index (χ0v) is 16.1. The van der Waals surface area contributed by atoms with E-state index in [-0.39, 0.29) is 23.1 Å². The van der Waals surface area contributed by atoms with Crippen LogP contribution in [0, 0.1) is 0 Å². The molecule has 4 rings (SSSR count). The van der Waals surface area contributed by atoms with E-state index in [1.165, 1.54) is 29.5 Å². The second kappa shape index (κ2) is 7.73. The summed E-state index contributed by atoms with van der Waals surface area (Å²) >= 11 is 0. The zero-order chi connectivity index (χ0) is 23.1. The molecule has 0 radical (unpaired) electrons. The van der Waals surface area contributed by atoms with Crippen molar-refractivity contribution in [3.63, 3.8) is 0 Å². The van der Waals surface area contributed by atoms with Crippen molar-refractivity contribution in [2.75, 3.05) is 5.32 Å². The van der Waals surface area contributed by atoms with Crippen LogP contribution in [0.3, 0.4) is 0 Å². The topological polar surface area (TPSA) is 81.4 Å². The van der Waals surface area contributed by atoms with Gasteiger partial charge in [-0.3, -0.25) is 4.98 Å². The maximum atomic E-state index is 13.5. The van der Waals surface area contributed by atoms with Gasteiger partial charge < -0.3 is 5.32 Å². The van der Waals surface area contributed by atoms with E-state index in [1.54, 1.807) is 13.0 Å². The van der Waals surface area contributed by atoms with Gasteiger partial charge in [0.25, 0.3) is 5.95 Å². The van der Waals surface area contributed by atoms with Crippen molar-refractivity contribution in [3.05, 3.63) is 66.1 Å². The number of aromatic nitrogens is 6. The molecule has 1 aromatic carbocycles. The first-order valence-electron chi connectivity index (χ1n) is 9.06. The molecular formula is C19H13F6N7.